The Morgan fingerprint density at radius 3 is 2.89 bits per heavy atom. The molecule has 19 heavy (non-hydrogen) atoms. The van der Waals surface area contributed by atoms with E-state index >= 15 is 0 Å². The number of hydrogen-bond donors (Lipinski definition) is 1. The van der Waals surface area contributed by atoms with Crippen LogP contribution in [0.3, 0.4) is 0 Å². The second kappa shape index (κ2) is 4.40. The first kappa shape index (κ1) is 12.3. The second-order valence-electron chi connectivity index (χ2n) is 4.76. The van der Waals surface area contributed by atoms with Crippen molar-refractivity contribution in [3.63, 3.8) is 0 Å². The highest BCUT2D eigenvalue weighted by atomic mass is 16.5. The van der Waals surface area contributed by atoms with E-state index in [2.05, 4.69) is 4.98 Å². The molecule has 2 amide bonds. The predicted octanol–water partition coefficient (Wildman–Crippen LogP) is 0.182. The van der Waals surface area contributed by atoms with Crippen molar-refractivity contribution in [1.29, 1.82) is 0 Å². The third-order valence-electron chi connectivity index (χ3n) is 3.68. The summed E-state index contributed by atoms with van der Waals surface area (Å²) in [4.78, 5) is 29.8. The molecule has 6 heteroatoms. The Bertz CT molecular complexity index is 509. The maximum Gasteiger partial charge on any atom is 0.280 e. The number of pyridine rings is 1. The van der Waals surface area contributed by atoms with Gasteiger partial charge < -0.3 is 10.5 Å². The van der Waals surface area contributed by atoms with Crippen LogP contribution in [0.2, 0.25) is 0 Å². The Morgan fingerprint density at radius 1 is 1.47 bits per heavy atom. The maximum absolute atomic E-state index is 12.3. The number of carbonyl (C=O) groups excluding carboxylic acids is 2. The van der Waals surface area contributed by atoms with E-state index in [1.165, 1.54) is 11.1 Å². The van der Waals surface area contributed by atoms with Crippen LogP contribution < -0.4 is 5.73 Å². The van der Waals surface area contributed by atoms with Crippen molar-refractivity contribution in [2.24, 2.45) is 5.73 Å². The van der Waals surface area contributed by atoms with Gasteiger partial charge >= 0.3 is 0 Å². The molecular formula is C13H15N3O3. The van der Waals surface area contributed by atoms with Crippen molar-refractivity contribution in [2.45, 2.75) is 31.5 Å². The third-order valence-corrected chi connectivity index (χ3v) is 3.68. The minimum Gasteiger partial charge on any atom is -0.376 e. The molecule has 3 atom stereocenters. The maximum atomic E-state index is 12.3. The van der Waals surface area contributed by atoms with Gasteiger partial charge in [-0.05, 0) is 25.5 Å². The molecule has 2 heterocycles. The Kier molecular flexibility index (Phi) is 2.83. The quantitative estimate of drug-likeness (QED) is 0.785. The van der Waals surface area contributed by atoms with Crippen LogP contribution in [0.25, 0.3) is 0 Å². The number of carbonyl (C=O) groups is 2. The molecule has 1 aromatic rings. The van der Waals surface area contributed by atoms with Gasteiger partial charge in [0.05, 0.1) is 17.7 Å². The Morgan fingerprint density at radius 2 is 2.26 bits per heavy atom. The molecule has 3 unspecified atom stereocenters. The fourth-order valence-corrected chi connectivity index (χ4v) is 2.72. The fraction of sp³-hybridized carbons (Fsp3) is 0.462. The van der Waals surface area contributed by atoms with Crippen molar-refractivity contribution in [3.05, 3.63) is 29.6 Å². The molecule has 2 N–H and O–H groups in total. The van der Waals surface area contributed by atoms with Crippen molar-refractivity contribution in [1.82, 2.24) is 9.88 Å². The van der Waals surface area contributed by atoms with E-state index < -0.39 is 0 Å². The molecule has 0 spiro atoms. The molecule has 1 fully saturated rings. The van der Waals surface area contributed by atoms with Crippen molar-refractivity contribution < 1.29 is 14.3 Å². The summed E-state index contributed by atoms with van der Waals surface area (Å²) >= 11 is 0. The Balaban J connectivity index is 1.91. The van der Waals surface area contributed by atoms with Crippen molar-refractivity contribution in [3.8, 4) is 0 Å². The molecule has 1 aliphatic carbocycles. The molecule has 1 aromatic heterocycles. The van der Waals surface area contributed by atoms with E-state index in [1.54, 1.807) is 12.1 Å². The van der Waals surface area contributed by atoms with E-state index in [9.17, 15) is 9.59 Å². The zero-order valence-corrected chi connectivity index (χ0v) is 10.6. The lowest BCUT2D eigenvalue weighted by Gasteiger charge is -2.45. The molecule has 6 nitrogen and oxygen atoms in total. The molecule has 0 radical (unpaired) electrons. The lowest BCUT2D eigenvalue weighted by molar-refractivity contribution is -0.0612. The summed E-state index contributed by atoms with van der Waals surface area (Å²) < 4.78 is 5.52. The number of fused-ring (bicyclic) bond motifs is 1. The largest absolute Gasteiger partial charge is 0.376 e. The van der Waals surface area contributed by atoms with Gasteiger partial charge in [-0.1, -0.05) is 0 Å². The smallest absolute Gasteiger partial charge is 0.280 e. The molecule has 3 rings (SSSR count). The van der Waals surface area contributed by atoms with Gasteiger partial charge in [0.1, 0.15) is 5.69 Å². The number of ether oxygens (including phenoxy) is 1. The van der Waals surface area contributed by atoms with Crippen LogP contribution in [0.5, 0.6) is 0 Å². The van der Waals surface area contributed by atoms with E-state index in [4.69, 9.17) is 10.5 Å². The standard InChI is InChI=1S/C13H15N3O3/c1-2-19-9-6-8(14)11(9)16-12(17)7-4-3-5-15-10(7)13(16)18/h3-5,8-9,11H,2,6,14H2,1H3. The molecule has 1 aliphatic heterocycles. The Labute approximate surface area is 110 Å². The van der Waals surface area contributed by atoms with Crippen LogP contribution in [0.15, 0.2) is 18.3 Å². The third kappa shape index (κ3) is 1.67. The van der Waals surface area contributed by atoms with Crippen LogP contribution in [0.1, 0.15) is 34.2 Å². The van der Waals surface area contributed by atoms with Crippen LogP contribution in [-0.4, -0.2) is 46.5 Å². The first-order chi connectivity index (χ1) is 9.15. The minimum absolute atomic E-state index is 0.165. The molecule has 0 aromatic carbocycles. The first-order valence-corrected chi connectivity index (χ1v) is 6.35. The van der Waals surface area contributed by atoms with Gasteiger partial charge in [-0.2, -0.15) is 0 Å². The van der Waals surface area contributed by atoms with E-state index in [0.29, 0.717) is 18.6 Å². The summed E-state index contributed by atoms with van der Waals surface area (Å²) in [5.74, 6) is -0.691. The average Bonchev–Trinajstić information content (AvgIpc) is 2.65. The predicted molar refractivity (Wildman–Crippen MR) is 66.5 cm³/mol. The van der Waals surface area contributed by atoms with Gasteiger partial charge in [0.2, 0.25) is 0 Å². The van der Waals surface area contributed by atoms with Crippen LogP contribution >= 0.6 is 0 Å². The Hall–Kier alpha value is -1.79. The highest BCUT2D eigenvalue weighted by Crippen LogP contribution is 2.33. The van der Waals surface area contributed by atoms with Gasteiger partial charge in [-0.15, -0.1) is 0 Å². The van der Waals surface area contributed by atoms with Gasteiger partial charge in [-0.3, -0.25) is 19.5 Å². The minimum atomic E-state index is -0.380. The van der Waals surface area contributed by atoms with Gasteiger partial charge in [0.25, 0.3) is 11.8 Å². The van der Waals surface area contributed by atoms with Gasteiger partial charge in [-0.25, -0.2) is 0 Å². The van der Waals surface area contributed by atoms with Crippen molar-refractivity contribution in [2.75, 3.05) is 6.61 Å². The summed E-state index contributed by atoms with van der Waals surface area (Å²) in [6.07, 6.45) is 2.01. The SMILES string of the molecule is CCOC1CC(N)C1N1C(=O)c2cccnc2C1=O. The normalized spacial score (nSPS) is 29.4. The average molecular weight is 261 g/mol. The summed E-state index contributed by atoms with van der Waals surface area (Å²) in [5, 5.41) is 0. The van der Waals surface area contributed by atoms with E-state index in [0.717, 1.165) is 0 Å². The van der Waals surface area contributed by atoms with Crippen LogP contribution in [-0.2, 0) is 4.74 Å². The topological polar surface area (TPSA) is 85.5 Å². The zero-order valence-electron chi connectivity index (χ0n) is 10.6. The number of aromatic nitrogens is 1. The van der Waals surface area contributed by atoms with E-state index in [-0.39, 0.29) is 35.7 Å². The summed E-state index contributed by atoms with van der Waals surface area (Å²) in [5.41, 5.74) is 6.50. The highest BCUT2D eigenvalue weighted by Gasteiger charge is 2.51. The molecule has 0 saturated heterocycles. The summed E-state index contributed by atoms with van der Waals surface area (Å²) in [6, 6.07) is 2.66. The fourth-order valence-electron chi connectivity index (χ4n) is 2.72. The van der Waals surface area contributed by atoms with Gasteiger partial charge in [0, 0.05) is 18.8 Å². The molecule has 100 valence electrons. The zero-order chi connectivity index (χ0) is 13.6. The summed E-state index contributed by atoms with van der Waals surface area (Å²) in [7, 11) is 0. The molecule has 0 bridgehead atoms. The molecule has 2 aliphatic rings. The van der Waals surface area contributed by atoms with Gasteiger partial charge in [0.15, 0.2) is 0 Å². The number of imide groups is 1. The molecule has 1 saturated carbocycles. The number of nitrogens with zero attached hydrogens (tertiary/aromatic N) is 2. The highest BCUT2D eigenvalue weighted by molar-refractivity contribution is 6.20. The number of amides is 2. The number of rotatable bonds is 3. The lowest BCUT2D eigenvalue weighted by atomic mass is 9.82. The monoisotopic (exact) mass is 261 g/mol. The first-order valence-electron chi connectivity index (χ1n) is 6.35. The molecular weight excluding hydrogens is 246 g/mol. The lowest BCUT2D eigenvalue weighted by Crippen LogP contribution is -2.66. The van der Waals surface area contributed by atoms with Crippen LogP contribution in [0, 0.1) is 0 Å². The van der Waals surface area contributed by atoms with E-state index in [1.807, 2.05) is 6.92 Å². The van der Waals surface area contributed by atoms with Crippen LogP contribution in [0.4, 0.5) is 0 Å². The number of nitrogens with two attached hydrogens (primary N) is 1. The van der Waals surface area contributed by atoms with Crippen molar-refractivity contribution >= 4 is 11.8 Å². The summed E-state index contributed by atoms with van der Waals surface area (Å²) in [6.45, 7) is 2.42. The second-order valence-corrected chi connectivity index (χ2v) is 4.76. The number of hydrogen-bond acceptors (Lipinski definition) is 5.